The van der Waals surface area contributed by atoms with Gasteiger partial charge in [0.2, 0.25) is 5.91 Å². The SMILES string of the molecule is CC(C)(C(=O)Nc1nc(-c2ccccn2)cs1)S(=O)(=O)c1ccc(Br)cc1. The molecule has 1 N–H and O–H groups in total. The summed E-state index contributed by atoms with van der Waals surface area (Å²) in [6.07, 6.45) is 1.65. The van der Waals surface area contributed by atoms with Crippen LogP contribution in [-0.2, 0) is 14.6 Å². The Hall–Kier alpha value is -2.10. The number of amides is 1. The lowest BCUT2D eigenvalue weighted by atomic mass is 10.2. The molecule has 2 heterocycles. The summed E-state index contributed by atoms with van der Waals surface area (Å²) in [6, 6.07) is 11.6. The van der Waals surface area contributed by atoms with Crippen LogP contribution in [0.2, 0.25) is 0 Å². The van der Waals surface area contributed by atoms with Crippen molar-refractivity contribution in [2.24, 2.45) is 0 Å². The molecule has 3 aromatic rings. The third-order valence-electron chi connectivity index (χ3n) is 3.99. The van der Waals surface area contributed by atoms with E-state index in [1.54, 1.807) is 29.8 Å². The summed E-state index contributed by atoms with van der Waals surface area (Å²) in [4.78, 5) is 21.3. The second kappa shape index (κ2) is 7.49. The summed E-state index contributed by atoms with van der Waals surface area (Å²) < 4.78 is 24.9. The average molecular weight is 466 g/mol. The van der Waals surface area contributed by atoms with Crippen LogP contribution < -0.4 is 5.32 Å². The second-order valence-corrected chi connectivity index (χ2v) is 10.4. The lowest BCUT2D eigenvalue weighted by molar-refractivity contribution is -0.117. The maximum Gasteiger partial charge on any atom is 0.247 e. The second-order valence-electron chi connectivity index (χ2n) is 6.17. The molecule has 0 saturated carbocycles. The van der Waals surface area contributed by atoms with Gasteiger partial charge in [0.1, 0.15) is 10.4 Å². The molecule has 27 heavy (non-hydrogen) atoms. The number of benzene rings is 1. The summed E-state index contributed by atoms with van der Waals surface area (Å²) >= 11 is 4.48. The number of halogens is 1. The van der Waals surface area contributed by atoms with E-state index in [0.717, 1.165) is 4.47 Å². The highest BCUT2D eigenvalue weighted by atomic mass is 79.9. The third kappa shape index (κ3) is 3.95. The largest absolute Gasteiger partial charge is 0.301 e. The van der Waals surface area contributed by atoms with Gasteiger partial charge in [-0.25, -0.2) is 13.4 Å². The van der Waals surface area contributed by atoms with E-state index in [4.69, 9.17) is 0 Å². The molecule has 140 valence electrons. The molecule has 6 nitrogen and oxygen atoms in total. The number of aromatic nitrogens is 2. The van der Waals surface area contributed by atoms with Crippen molar-refractivity contribution in [1.29, 1.82) is 0 Å². The van der Waals surface area contributed by atoms with Crippen molar-refractivity contribution >= 4 is 48.1 Å². The van der Waals surface area contributed by atoms with Gasteiger partial charge in [-0.1, -0.05) is 22.0 Å². The predicted octanol–water partition coefficient (Wildman–Crippen LogP) is 4.16. The minimum absolute atomic E-state index is 0.0826. The highest BCUT2D eigenvalue weighted by molar-refractivity contribution is 9.10. The van der Waals surface area contributed by atoms with E-state index in [1.165, 1.54) is 37.3 Å². The van der Waals surface area contributed by atoms with E-state index in [0.29, 0.717) is 16.5 Å². The molecular formula is C18H16BrN3O3S2. The van der Waals surface area contributed by atoms with Gasteiger partial charge in [-0.2, -0.15) is 0 Å². The zero-order chi connectivity index (χ0) is 19.7. The Morgan fingerprint density at radius 1 is 1.11 bits per heavy atom. The summed E-state index contributed by atoms with van der Waals surface area (Å²) in [6.45, 7) is 2.76. The maximum absolute atomic E-state index is 12.9. The molecule has 0 bridgehead atoms. The summed E-state index contributed by atoms with van der Waals surface area (Å²) in [5.74, 6) is -0.646. The molecule has 0 radical (unpaired) electrons. The smallest absolute Gasteiger partial charge is 0.247 e. The van der Waals surface area contributed by atoms with E-state index in [2.05, 4.69) is 31.2 Å². The summed E-state index contributed by atoms with van der Waals surface area (Å²) in [5, 5.41) is 4.69. The number of carbonyl (C=O) groups excluding carboxylic acids is 1. The van der Waals surface area contributed by atoms with Crippen molar-refractivity contribution < 1.29 is 13.2 Å². The molecule has 0 saturated heterocycles. The number of nitrogens with zero attached hydrogens (tertiary/aromatic N) is 2. The highest BCUT2D eigenvalue weighted by Gasteiger charge is 2.43. The number of sulfone groups is 1. The molecule has 0 unspecified atom stereocenters. The van der Waals surface area contributed by atoms with Crippen LogP contribution in [0, 0.1) is 0 Å². The first kappa shape index (κ1) is 19.7. The number of pyridine rings is 1. The number of rotatable bonds is 5. The fraction of sp³-hybridized carbons (Fsp3) is 0.167. The van der Waals surface area contributed by atoms with Gasteiger partial charge in [-0.05, 0) is 50.2 Å². The standard InChI is InChI=1S/C18H16BrN3O3S2/c1-18(2,27(24,25)13-8-6-12(19)7-9-13)16(23)22-17-21-15(11-26-17)14-5-3-4-10-20-14/h3-11H,1-2H3,(H,21,22,23). The molecule has 0 aliphatic heterocycles. The first-order valence-electron chi connectivity index (χ1n) is 7.90. The number of nitrogens with one attached hydrogen (secondary N) is 1. The number of hydrogen-bond acceptors (Lipinski definition) is 6. The van der Waals surface area contributed by atoms with Gasteiger partial charge in [0.15, 0.2) is 15.0 Å². The van der Waals surface area contributed by atoms with Crippen LogP contribution >= 0.6 is 27.3 Å². The summed E-state index contributed by atoms with van der Waals surface area (Å²) in [7, 11) is -3.89. The Labute approximate surface area is 169 Å². The highest BCUT2D eigenvalue weighted by Crippen LogP contribution is 2.29. The zero-order valence-corrected chi connectivity index (χ0v) is 17.7. The quantitative estimate of drug-likeness (QED) is 0.610. The van der Waals surface area contributed by atoms with Crippen LogP contribution in [0.15, 0.2) is 63.4 Å². The molecule has 0 atom stereocenters. The van der Waals surface area contributed by atoms with Gasteiger partial charge in [-0.3, -0.25) is 9.78 Å². The number of anilines is 1. The molecule has 0 aliphatic rings. The molecule has 1 amide bonds. The molecule has 9 heteroatoms. The fourth-order valence-electron chi connectivity index (χ4n) is 2.24. The van der Waals surface area contributed by atoms with Gasteiger partial charge in [-0.15, -0.1) is 11.3 Å². The van der Waals surface area contributed by atoms with Gasteiger partial charge in [0, 0.05) is 16.0 Å². The molecule has 3 rings (SSSR count). The Bertz CT molecular complexity index is 1060. The van der Waals surface area contributed by atoms with Crippen molar-refractivity contribution in [3.05, 3.63) is 58.5 Å². The first-order valence-corrected chi connectivity index (χ1v) is 11.1. The molecule has 1 aromatic carbocycles. The van der Waals surface area contributed by atoms with Crippen LogP contribution in [0.1, 0.15) is 13.8 Å². The van der Waals surface area contributed by atoms with Crippen molar-refractivity contribution in [2.45, 2.75) is 23.5 Å². The Morgan fingerprint density at radius 3 is 2.44 bits per heavy atom. The first-order chi connectivity index (χ1) is 12.7. The number of carbonyl (C=O) groups is 1. The van der Waals surface area contributed by atoms with E-state index >= 15 is 0 Å². The van der Waals surface area contributed by atoms with Crippen molar-refractivity contribution in [1.82, 2.24) is 9.97 Å². The molecule has 0 spiro atoms. The zero-order valence-electron chi connectivity index (χ0n) is 14.5. The third-order valence-corrected chi connectivity index (χ3v) is 7.70. The Morgan fingerprint density at radius 2 is 1.81 bits per heavy atom. The van der Waals surface area contributed by atoms with Crippen LogP contribution in [0.5, 0.6) is 0 Å². The van der Waals surface area contributed by atoms with Gasteiger partial charge in [0.05, 0.1) is 10.6 Å². The van der Waals surface area contributed by atoms with E-state index < -0.39 is 20.5 Å². The van der Waals surface area contributed by atoms with Gasteiger partial charge in [0.25, 0.3) is 0 Å². The minimum Gasteiger partial charge on any atom is -0.301 e. The van der Waals surface area contributed by atoms with Crippen LogP contribution in [-0.4, -0.2) is 29.0 Å². The molecule has 0 fully saturated rings. The van der Waals surface area contributed by atoms with E-state index in [-0.39, 0.29) is 4.90 Å². The fourth-order valence-corrected chi connectivity index (χ4v) is 4.58. The lowest BCUT2D eigenvalue weighted by Crippen LogP contribution is -2.44. The summed E-state index contributed by atoms with van der Waals surface area (Å²) in [5.41, 5.74) is 1.29. The maximum atomic E-state index is 12.9. The molecule has 2 aromatic heterocycles. The lowest BCUT2D eigenvalue weighted by Gasteiger charge is -2.23. The van der Waals surface area contributed by atoms with Crippen molar-refractivity contribution in [2.75, 3.05) is 5.32 Å². The van der Waals surface area contributed by atoms with Crippen LogP contribution in [0.25, 0.3) is 11.4 Å². The van der Waals surface area contributed by atoms with E-state index in [1.807, 2.05) is 12.1 Å². The minimum atomic E-state index is -3.89. The van der Waals surface area contributed by atoms with Crippen LogP contribution in [0.3, 0.4) is 0 Å². The monoisotopic (exact) mass is 465 g/mol. The van der Waals surface area contributed by atoms with E-state index in [9.17, 15) is 13.2 Å². The van der Waals surface area contributed by atoms with Crippen LogP contribution in [0.4, 0.5) is 5.13 Å². The molecule has 0 aliphatic carbocycles. The van der Waals surface area contributed by atoms with Gasteiger partial charge < -0.3 is 5.32 Å². The average Bonchev–Trinajstić information content (AvgIpc) is 3.11. The molecular weight excluding hydrogens is 450 g/mol. The van der Waals surface area contributed by atoms with Gasteiger partial charge >= 0.3 is 0 Å². The predicted molar refractivity (Wildman–Crippen MR) is 109 cm³/mol. The van der Waals surface area contributed by atoms with Crippen molar-refractivity contribution in [3.63, 3.8) is 0 Å². The van der Waals surface area contributed by atoms with Crippen molar-refractivity contribution in [3.8, 4) is 11.4 Å². The normalized spacial score (nSPS) is 12.0. The topological polar surface area (TPSA) is 89.0 Å². The number of hydrogen-bond donors (Lipinski definition) is 1. The Balaban J connectivity index is 1.82. The Kier molecular flexibility index (Phi) is 5.45. The number of thiazole rings is 1.